The van der Waals surface area contributed by atoms with Crippen LogP contribution in [-0.4, -0.2) is 22.3 Å². The molecule has 1 aromatic carbocycles. The number of unbranched alkanes of at least 4 members (excludes halogenated alkanes) is 1. The lowest BCUT2D eigenvalue weighted by Crippen LogP contribution is -2.64. The van der Waals surface area contributed by atoms with Gasteiger partial charge in [-0.25, -0.2) is 0 Å². The van der Waals surface area contributed by atoms with Crippen LogP contribution in [0, 0.1) is 6.92 Å². The van der Waals surface area contributed by atoms with E-state index >= 15 is 0 Å². The maximum absolute atomic E-state index is 6.40. The molecule has 0 saturated carbocycles. The summed E-state index contributed by atoms with van der Waals surface area (Å²) in [4.78, 5) is 2.19. The van der Waals surface area contributed by atoms with Gasteiger partial charge in [0.05, 0.1) is 6.04 Å². The van der Waals surface area contributed by atoms with Crippen molar-refractivity contribution in [3.05, 3.63) is 28.3 Å². The number of benzene rings is 1. The third-order valence-electron chi connectivity index (χ3n) is 4.40. The number of nitrogens with one attached hydrogen (secondary N) is 1. The van der Waals surface area contributed by atoms with Crippen molar-refractivity contribution in [3.8, 4) is 5.75 Å². The number of hydrogen-bond acceptors (Lipinski definition) is 2. The van der Waals surface area contributed by atoms with Crippen LogP contribution in [0.25, 0.3) is 0 Å². The summed E-state index contributed by atoms with van der Waals surface area (Å²) in [5.41, 5.74) is 1.83. The average molecular weight is 325 g/mol. The SMILES string of the molecule is CCCCN1C(=S)NC2CC1(C)Oc1c(C)cc(Cl)cc12. The lowest BCUT2D eigenvalue weighted by molar-refractivity contribution is -0.0689. The predicted octanol–water partition coefficient (Wildman–Crippen LogP) is 4.18. The van der Waals surface area contributed by atoms with Gasteiger partial charge in [0.1, 0.15) is 5.75 Å². The minimum Gasteiger partial charge on any atom is -0.467 e. The quantitative estimate of drug-likeness (QED) is 0.843. The second-order valence-corrected chi connectivity index (χ2v) is 6.95. The van der Waals surface area contributed by atoms with Crippen LogP contribution >= 0.6 is 23.8 Å². The van der Waals surface area contributed by atoms with Gasteiger partial charge in [-0.05, 0) is 50.2 Å². The van der Waals surface area contributed by atoms with Crippen LogP contribution < -0.4 is 10.1 Å². The summed E-state index contributed by atoms with van der Waals surface area (Å²) in [6.45, 7) is 7.30. The van der Waals surface area contributed by atoms with Crippen molar-refractivity contribution in [1.29, 1.82) is 0 Å². The molecule has 2 atom stereocenters. The smallest absolute Gasteiger partial charge is 0.184 e. The number of ether oxygens (including phenoxy) is 1. The van der Waals surface area contributed by atoms with Gasteiger partial charge in [-0.3, -0.25) is 0 Å². The molecule has 114 valence electrons. The summed E-state index contributed by atoms with van der Waals surface area (Å²) in [5.74, 6) is 0.953. The Bertz CT molecular complexity index is 592. The summed E-state index contributed by atoms with van der Waals surface area (Å²) in [6, 6.07) is 4.13. The highest BCUT2D eigenvalue weighted by Gasteiger charge is 2.47. The highest BCUT2D eigenvalue weighted by molar-refractivity contribution is 7.80. The van der Waals surface area contributed by atoms with Crippen molar-refractivity contribution < 1.29 is 4.74 Å². The standard InChI is InChI=1S/C16H21ClN2OS/c1-4-5-6-19-15(21)18-13-9-16(19,3)20-14-10(2)7-11(17)8-12(13)14/h7-8,13H,4-6,9H2,1-3H3,(H,18,21). The lowest BCUT2D eigenvalue weighted by Gasteiger charge is -2.52. The minimum absolute atomic E-state index is 0.182. The summed E-state index contributed by atoms with van der Waals surface area (Å²) in [6.07, 6.45) is 3.13. The van der Waals surface area contributed by atoms with E-state index in [0.717, 1.165) is 52.8 Å². The van der Waals surface area contributed by atoms with Crippen molar-refractivity contribution in [2.45, 2.75) is 51.8 Å². The topological polar surface area (TPSA) is 24.5 Å². The Labute approximate surface area is 136 Å². The fourth-order valence-corrected chi connectivity index (χ4v) is 4.00. The molecule has 0 amide bonds. The fraction of sp³-hybridized carbons (Fsp3) is 0.562. The molecule has 2 bridgehead atoms. The summed E-state index contributed by atoms with van der Waals surface area (Å²) in [5, 5.41) is 4.99. The van der Waals surface area contributed by atoms with Crippen molar-refractivity contribution in [2.75, 3.05) is 6.54 Å². The van der Waals surface area contributed by atoms with Gasteiger partial charge in [-0.1, -0.05) is 24.9 Å². The van der Waals surface area contributed by atoms with Gasteiger partial charge < -0.3 is 15.0 Å². The molecule has 5 heteroatoms. The first-order chi connectivity index (χ1) is 9.94. The number of halogens is 1. The second kappa shape index (κ2) is 5.33. The molecule has 0 radical (unpaired) electrons. The molecule has 3 rings (SSSR count). The van der Waals surface area contributed by atoms with E-state index in [1.165, 1.54) is 0 Å². The number of nitrogens with zero attached hydrogens (tertiary/aromatic N) is 1. The first-order valence-corrected chi connectivity index (χ1v) is 8.30. The summed E-state index contributed by atoms with van der Waals surface area (Å²) < 4.78 is 6.40. The monoisotopic (exact) mass is 324 g/mol. The minimum atomic E-state index is -0.367. The number of rotatable bonds is 3. The van der Waals surface area contributed by atoms with Gasteiger partial charge >= 0.3 is 0 Å². The third-order valence-corrected chi connectivity index (χ3v) is 4.95. The zero-order chi connectivity index (χ0) is 15.2. The first kappa shape index (κ1) is 14.9. The van der Waals surface area contributed by atoms with Crippen molar-refractivity contribution in [3.63, 3.8) is 0 Å². The van der Waals surface area contributed by atoms with Crippen LogP contribution in [0.3, 0.4) is 0 Å². The molecular weight excluding hydrogens is 304 g/mol. The third kappa shape index (κ3) is 2.49. The zero-order valence-corrected chi connectivity index (χ0v) is 14.3. The van der Waals surface area contributed by atoms with E-state index in [2.05, 4.69) is 24.1 Å². The van der Waals surface area contributed by atoms with Crippen molar-refractivity contribution in [1.82, 2.24) is 10.2 Å². The molecule has 0 spiro atoms. The number of fused-ring (bicyclic) bond motifs is 4. The zero-order valence-electron chi connectivity index (χ0n) is 12.7. The van der Waals surface area contributed by atoms with Gasteiger partial charge in [0, 0.05) is 23.6 Å². The van der Waals surface area contributed by atoms with Crippen LogP contribution in [0.5, 0.6) is 5.75 Å². The molecule has 1 aromatic rings. The van der Waals surface area contributed by atoms with Gasteiger partial charge in [0.15, 0.2) is 10.8 Å². The van der Waals surface area contributed by atoms with E-state index in [0.29, 0.717) is 0 Å². The maximum atomic E-state index is 6.40. The largest absolute Gasteiger partial charge is 0.467 e. The highest BCUT2D eigenvalue weighted by Crippen LogP contribution is 2.46. The lowest BCUT2D eigenvalue weighted by atomic mass is 9.89. The van der Waals surface area contributed by atoms with E-state index in [4.69, 9.17) is 28.6 Å². The average Bonchev–Trinajstić information content (AvgIpc) is 2.40. The van der Waals surface area contributed by atoms with Crippen molar-refractivity contribution >= 4 is 28.9 Å². The van der Waals surface area contributed by atoms with Crippen LogP contribution in [0.15, 0.2) is 12.1 Å². The van der Waals surface area contributed by atoms with E-state index in [-0.39, 0.29) is 11.8 Å². The Morgan fingerprint density at radius 3 is 3.00 bits per heavy atom. The Kier molecular flexibility index (Phi) is 3.78. The molecule has 1 N–H and O–H groups in total. The highest BCUT2D eigenvalue weighted by atomic mass is 35.5. The summed E-state index contributed by atoms with van der Waals surface area (Å²) in [7, 11) is 0. The molecule has 0 aliphatic carbocycles. The molecule has 3 nitrogen and oxygen atoms in total. The second-order valence-electron chi connectivity index (χ2n) is 6.13. The molecule has 1 saturated heterocycles. The van der Waals surface area contributed by atoms with Gasteiger partial charge in [-0.15, -0.1) is 0 Å². The Hall–Kier alpha value is -1.00. The molecule has 2 heterocycles. The van der Waals surface area contributed by atoms with Gasteiger partial charge in [0.2, 0.25) is 0 Å². The first-order valence-electron chi connectivity index (χ1n) is 7.52. The van der Waals surface area contributed by atoms with E-state index in [9.17, 15) is 0 Å². The molecule has 2 unspecified atom stereocenters. The number of hydrogen-bond donors (Lipinski definition) is 1. The molecular formula is C16H21ClN2OS. The Morgan fingerprint density at radius 1 is 1.52 bits per heavy atom. The fourth-order valence-electron chi connectivity index (χ4n) is 3.29. The van der Waals surface area contributed by atoms with Gasteiger partial charge in [0.25, 0.3) is 0 Å². The van der Waals surface area contributed by atoms with E-state index in [1.807, 2.05) is 19.1 Å². The Morgan fingerprint density at radius 2 is 2.29 bits per heavy atom. The van der Waals surface area contributed by atoms with E-state index < -0.39 is 0 Å². The van der Waals surface area contributed by atoms with Gasteiger partial charge in [-0.2, -0.15) is 0 Å². The Balaban J connectivity index is 2.01. The predicted molar refractivity (Wildman–Crippen MR) is 89.9 cm³/mol. The molecule has 21 heavy (non-hydrogen) atoms. The normalized spacial score (nSPS) is 27.0. The summed E-state index contributed by atoms with van der Waals surface area (Å²) >= 11 is 11.8. The van der Waals surface area contributed by atoms with Crippen LogP contribution in [0.4, 0.5) is 0 Å². The van der Waals surface area contributed by atoms with Crippen LogP contribution in [0.1, 0.15) is 50.3 Å². The molecule has 2 aliphatic rings. The molecule has 0 aromatic heterocycles. The van der Waals surface area contributed by atoms with E-state index in [1.54, 1.807) is 0 Å². The number of aryl methyl sites for hydroxylation is 1. The van der Waals surface area contributed by atoms with Crippen LogP contribution in [0.2, 0.25) is 5.02 Å². The molecule has 1 fully saturated rings. The number of thiocarbonyl (C=S) groups is 1. The molecule has 2 aliphatic heterocycles. The maximum Gasteiger partial charge on any atom is 0.184 e. The van der Waals surface area contributed by atoms with Crippen molar-refractivity contribution in [2.24, 2.45) is 0 Å². The van der Waals surface area contributed by atoms with Crippen LogP contribution in [-0.2, 0) is 0 Å².